The van der Waals surface area contributed by atoms with Gasteiger partial charge in [-0.3, -0.25) is 14.5 Å². The highest BCUT2D eigenvalue weighted by Gasteiger charge is 2.51. The number of nitrogens with zero attached hydrogens (tertiary/aromatic N) is 4. The summed E-state index contributed by atoms with van der Waals surface area (Å²) in [5.74, 6) is -2.22. The average molecular weight is 748 g/mol. The third-order valence-corrected chi connectivity index (χ3v) is 12.9. The first kappa shape index (κ1) is 37.6. The smallest absolute Gasteiger partial charge is 0.417 e. The van der Waals surface area contributed by atoms with Gasteiger partial charge in [-0.25, -0.2) is 17.9 Å². The topological polar surface area (TPSA) is 133 Å². The van der Waals surface area contributed by atoms with Gasteiger partial charge in [0, 0.05) is 69.7 Å². The van der Waals surface area contributed by atoms with Crippen LogP contribution < -0.4 is 20.1 Å². The van der Waals surface area contributed by atoms with Crippen molar-refractivity contribution in [3.63, 3.8) is 0 Å². The molecular formula is C36H44F3N5O7S. The minimum absolute atomic E-state index is 0.0233. The number of piperazine rings is 1. The second-order valence-corrected chi connectivity index (χ2v) is 16.8. The summed E-state index contributed by atoms with van der Waals surface area (Å²) in [6.07, 6.45) is -4.24. The maximum absolute atomic E-state index is 14.6. The molecule has 0 spiro atoms. The largest absolute Gasteiger partial charge is 0.422 e. The van der Waals surface area contributed by atoms with Gasteiger partial charge in [0.05, 0.1) is 46.2 Å². The summed E-state index contributed by atoms with van der Waals surface area (Å²) in [4.78, 5) is 47.7. The molecule has 2 fully saturated rings. The van der Waals surface area contributed by atoms with E-state index >= 15 is 0 Å². The molecule has 282 valence electrons. The van der Waals surface area contributed by atoms with Gasteiger partial charge in [0.25, 0.3) is 11.8 Å². The number of methoxy groups -OCH3 is 1. The molecule has 0 radical (unpaired) electrons. The summed E-state index contributed by atoms with van der Waals surface area (Å²) in [5, 5.41) is 0.752. The van der Waals surface area contributed by atoms with Crippen molar-refractivity contribution in [1.82, 2.24) is 14.5 Å². The highest BCUT2D eigenvalue weighted by atomic mass is 32.2. The summed E-state index contributed by atoms with van der Waals surface area (Å²) in [7, 11) is 2.51. The molecule has 2 aliphatic heterocycles. The number of ether oxygens (including phenoxy) is 1. The zero-order chi connectivity index (χ0) is 38.1. The fourth-order valence-electron chi connectivity index (χ4n) is 7.26. The number of fused-ring (bicyclic) bond motifs is 3. The number of anilines is 2. The molecule has 52 heavy (non-hydrogen) atoms. The van der Waals surface area contributed by atoms with E-state index in [1.54, 1.807) is 7.11 Å². The SMILES string of the molecule is COC[C@H]1CN(c2cc(C)c3c4c(c(=O)oc3c2C)CN(C(=O)c2cc(N(C)C)c(C(=O)NS(=O)(=O)C3(C)CC3)cc2C(F)(F)F)CC4)CCN1C. The molecule has 16 heteroatoms. The van der Waals surface area contributed by atoms with Crippen LogP contribution >= 0.6 is 0 Å². The first-order chi connectivity index (χ1) is 24.3. The van der Waals surface area contributed by atoms with E-state index in [1.165, 1.54) is 30.8 Å². The van der Waals surface area contributed by atoms with Crippen molar-refractivity contribution in [3.05, 3.63) is 67.6 Å². The lowest BCUT2D eigenvalue weighted by Crippen LogP contribution is -2.53. The number of hydrogen-bond donors (Lipinski definition) is 1. The molecule has 3 aromatic rings. The minimum Gasteiger partial charge on any atom is -0.422 e. The van der Waals surface area contributed by atoms with Gasteiger partial charge in [0.15, 0.2) is 0 Å². The molecule has 0 bridgehead atoms. The van der Waals surface area contributed by atoms with E-state index in [9.17, 15) is 36.0 Å². The minimum atomic E-state index is -5.07. The van der Waals surface area contributed by atoms with Crippen LogP contribution in [0.1, 0.15) is 68.3 Å². The van der Waals surface area contributed by atoms with E-state index < -0.39 is 55.1 Å². The second kappa shape index (κ2) is 13.4. The first-order valence-electron chi connectivity index (χ1n) is 17.1. The molecular weight excluding hydrogens is 703 g/mol. The molecule has 1 saturated carbocycles. The van der Waals surface area contributed by atoms with Crippen molar-refractivity contribution < 1.29 is 40.3 Å². The van der Waals surface area contributed by atoms with Gasteiger partial charge in [0.2, 0.25) is 10.0 Å². The summed E-state index contributed by atoms with van der Waals surface area (Å²) < 4.78 is 81.4. The number of carbonyl (C=O) groups excluding carboxylic acids is 2. The zero-order valence-electron chi connectivity index (χ0n) is 30.4. The molecule has 1 saturated heterocycles. The molecule has 1 aromatic heterocycles. The third-order valence-electron chi connectivity index (χ3n) is 10.8. The fourth-order valence-corrected chi connectivity index (χ4v) is 8.50. The van der Waals surface area contributed by atoms with Crippen LogP contribution in [0.4, 0.5) is 24.5 Å². The number of sulfonamides is 1. The summed E-state index contributed by atoms with van der Waals surface area (Å²) in [6, 6.07) is 3.72. The van der Waals surface area contributed by atoms with Crippen molar-refractivity contribution in [1.29, 1.82) is 0 Å². The Kier molecular flexibility index (Phi) is 9.66. The molecule has 2 aromatic carbocycles. The number of amides is 2. The predicted octanol–water partition coefficient (Wildman–Crippen LogP) is 4.07. The van der Waals surface area contributed by atoms with E-state index in [1.807, 2.05) is 18.6 Å². The highest BCUT2D eigenvalue weighted by Crippen LogP contribution is 2.43. The zero-order valence-corrected chi connectivity index (χ0v) is 31.2. The van der Waals surface area contributed by atoms with Crippen LogP contribution in [0.3, 0.4) is 0 Å². The van der Waals surface area contributed by atoms with Crippen LogP contribution in [-0.4, -0.2) is 102 Å². The normalized spacial score (nSPS) is 19.1. The van der Waals surface area contributed by atoms with Crippen LogP contribution in [0, 0.1) is 13.8 Å². The van der Waals surface area contributed by atoms with Crippen molar-refractivity contribution >= 4 is 44.2 Å². The third kappa shape index (κ3) is 6.64. The Labute approximate surface area is 300 Å². The average Bonchev–Trinajstić information content (AvgIpc) is 3.84. The van der Waals surface area contributed by atoms with Gasteiger partial charge < -0.3 is 23.9 Å². The summed E-state index contributed by atoms with van der Waals surface area (Å²) in [6.45, 7) is 7.92. The molecule has 0 unspecified atom stereocenters. The van der Waals surface area contributed by atoms with Crippen LogP contribution in [0.25, 0.3) is 11.0 Å². The van der Waals surface area contributed by atoms with Gasteiger partial charge in [-0.05, 0) is 76.4 Å². The number of aryl methyl sites for hydroxylation is 2. The van der Waals surface area contributed by atoms with Crippen LogP contribution in [0.5, 0.6) is 0 Å². The highest BCUT2D eigenvalue weighted by molar-refractivity contribution is 7.91. The van der Waals surface area contributed by atoms with Crippen molar-refractivity contribution in [2.24, 2.45) is 0 Å². The van der Waals surface area contributed by atoms with E-state index in [-0.39, 0.29) is 36.8 Å². The molecule has 3 heterocycles. The van der Waals surface area contributed by atoms with Gasteiger partial charge in [-0.1, -0.05) is 0 Å². The lowest BCUT2D eigenvalue weighted by molar-refractivity contribution is -0.138. The molecule has 2 amide bonds. The Morgan fingerprint density at radius 3 is 2.38 bits per heavy atom. The Hall–Kier alpha value is -4.15. The van der Waals surface area contributed by atoms with Gasteiger partial charge in [-0.2, -0.15) is 13.2 Å². The van der Waals surface area contributed by atoms with Crippen LogP contribution in [-0.2, 0) is 33.9 Å². The summed E-state index contributed by atoms with van der Waals surface area (Å²) >= 11 is 0. The standard InChI is InChI=1S/C36H44F3N5O7S/c1-20-14-28(43-13-12-42(6)22(17-43)19-50-7)21(2)31-30(20)23-8-11-44(18-26(23)34(47)51-31)33(46)24-16-29(41(4)5)25(15-27(24)36(37,38)39)32(45)40-52(48,49)35(3)9-10-35/h14-16,22H,8-13,17-19H2,1-7H3,(H,40,45)/t22-/m1/s1. The monoisotopic (exact) mass is 747 g/mol. The van der Waals surface area contributed by atoms with E-state index in [0.717, 1.165) is 47.9 Å². The van der Waals surface area contributed by atoms with Gasteiger partial charge in [0.1, 0.15) is 5.58 Å². The molecule has 12 nitrogen and oxygen atoms in total. The number of likely N-dealkylation sites (N-methyl/N-ethyl adjacent to an activating group) is 1. The first-order valence-corrected chi connectivity index (χ1v) is 18.6. The van der Waals surface area contributed by atoms with E-state index in [2.05, 4.69) is 22.9 Å². The van der Waals surface area contributed by atoms with Crippen LogP contribution in [0.15, 0.2) is 27.4 Å². The molecule has 6 rings (SSSR count). The van der Waals surface area contributed by atoms with Gasteiger partial charge >= 0.3 is 11.8 Å². The van der Waals surface area contributed by atoms with Crippen molar-refractivity contribution in [3.8, 4) is 0 Å². The molecule has 1 atom stereocenters. The number of carbonyl (C=O) groups is 2. The predicted molar refractivity (Wildman–Crippen MR) is 191 cm³/mol. The Morgan fingerprint density at radius 2 is 1.77 bits per heavy atom. The lowest BCUT2D eigenvalue weighted by atomic mass is 9.92. The summed E-state index contributed by atoms with van der Waals surface area (Å²) in [5.41, 5.74) is 0.539. The molecule has 3 aliphatic rings. The lowest BCUT2D eigenvalue weighted by Gasteiger charge is -2.41. The maximum Gasteiger partial charge on any atom is 0.417 e. The Morgan fingerprint density at radius 1 is 1.08 bits per heavy atom. The van der Waals surface area contributed by atoms with Crippen LogP contribution in [0.2, 0.25) is 0 Å². The number of benzene rings is 2. The van der Waals surface area contributed by atoms with E-state index in [0.29, 0.717) is 36.7 Å². The second-order valence-electron chi connectivity index (χ2n) is 14.6. The maximum atomic E-state index is 14.6. The number of nitrogens with one attached hydrogen (secondary N) is 1. The number of alkyl halides is 3. The Balaban J connectivity index is 1.35. The molecule has 1 aliphatic carbocycles. The van der Waals surface area contributed by atoms with E-state index in [4.69, 9.17) is 9.15 Å². The molecule has 1 N–H and O–H groups in total. The number of halogens is 3. The van der Waals surface area contributed by atoms with Crippen molar-refractivity contribution in [2.75, 3.05) is 70.8 Å². The Bertz CT molecular complexity index is 2130. The number of rotatable bonds is 8. The number of hydrogen-bond acceptors (Lipinski definition) is 10. The quantitative estimate of drug-likeness (QED) is 0.337. The fraction of sp³-hybridized carbons (Fsp3) is 0.528. The van der Waals surface area contributed by atoms with Gasteiger partial charge in [-0.15, -0.1) is 0 Å². The van der Waals surface area contributed by atoms with Crippen molar-refractivity contribution in [2.45, 2.75) is 63.5 Å².